The minimum atomic E-state index is -0.419. The largest absolute Gasteiger partial charge is 0.462 e. The summed E-state index contributed by atoms with van der Waals surface area (Å²) in [7, 11) is 0. The van der Waals surface area contributed by atoms with Crippen LogP contribution in [0.15, 0.2) is 48.1 Å². The molecule has 0 bridgehead atoms. The van der Waals surface area contributed by atoms with Crippen LogP contribution < -0.4 is 21.8 Å². The van der Waals surface area contributed by atoms with Crippen molar-refractivity contribution in [2.24, 2.45) is 5.73 Å². The van der Waals surface area contributed by atoms with Crippen molar-refractivity contribution in [1.29, 1.82) is 0 Å². The molecule has 4 rings (SSSR count). The van der Waals surface area contributed by atoms with Crippen LogP contribution in [0.1, 0.15) is 44.5 Å². The Morgan fingerprint density at radius 1 is 1.14 bits per heavy atom. The number of hydrogen-bond acceptors (Lipinski definition) is 11. The quantitative estimate of drug-likeness (QED) is 0.212. The summed E-state index contributed by atoms with van der Waals surface area (Å²) in [6.07, 6.45) is 3.83. The highest BCUT2D eigenvalue weighted by atomic mass is 16.5. The van der Waals surface area contributed by atoms with Gasteiger partial charge in [-0.15, -0.1) is 0 Å². The van der Waals surface area contributed by atoms with E-state index < -0.39 is 5.78 Å². The molecule has 3 heterocycles. The van der Waals surface area contributed by atoms with Gasteiger partial charge in [-0.25, -0.2) is 20.9 Å². The second-order valence-corrected chi connectivity index (χ2v) is 8.08. The molecule has 1 aliphatic carbocycles. The third kappa shape index (κ3) is 6.03. The first kappa shape index (κ1) is 26.7. The molecule has 0 unspecified atom stereocenters. The molecule has 2 aromatic heterocycles. The number of rotatable bonds is 8. The van der Waals surface area contributed by atoms with Crippen LogP contribution in [0.4, 0.5) is 5.82 Å². The van der Waals surface area contributed by atoms with Crippen molar-refractivity contribution in [2.75, 3.05) is 50.8 Å². The van der Waals surface area contributed by atoms with Gasteiger partial charge in [0.05, 0.1) is 17.7 Å². The molecule has 0 atom stereocenters. The van der Waals surface area contributed by atoms with Crippen LogP contribution in [0.3, 0.4) is 0 Å². The molecule has 0 aromatic carbocycles. The van der Waals surface area contributed by atoms with Crippen molar-refractivity contribution in [3.05, 3.63) is 64.9 Å². The van der Waals surface area contributed by atoms with Crippen molar-refractivity contribution >= 4 is 23.4 Å². The maximum absolute atomic E-state index is 12.7. The maximum Gasteiger partial charge on any atom is 0.339 e. The Morgan fingerprint density at radius 3 is 2.56 bits per heavy atom. The van der Waals surface area contributed by atoms with E-state index in [9.17, 15) is 14.4 Å². The number of ether oxygens (including phenoxy) is 1. The van der Waals surface area contributed by atoms with Crippen LogP contribution in [0.5, 0.6) is 0 Å². The summed E-state index contributed by atoms with van der Waals surface area (Å²) in [4.78, 5) is 49.8. The Hall–Kier alpha value is -3.87. The molecule has 0 amide bonds. The predicted octanol–water partition coefficient (Wildman–Crippen LogP) is -0.378. The van der Waals surface area contributed by atoms with Crippen LogP contribution in [0.2, 0.25) is 0 Å². The highest BCUT2D eigenvalue weighted by Crippen LogP contribution is 2.21. The number of quaternary nitrogens is 1. The average molecular weight is 499 g/mol. The van der Waals surface area contributed by atoms with Gasteiger partial charge in [0.25, 0.3) is 0 Å². The summed E-state index contributed by atoms with van der Waals surface area (Å²) in [5.41, 5.74) is 6.85. The zero-order valence-corrected chi connectivity index (χ0v) is 20.3. The van der Waals surface area contributed by atoms with Gasteiger partial charge in [-0.05, 0) is 44.2 Å². The highest BCUT2D eigenvalue weighted by molar-refractivity contribution is 6.25. The number of nitrogens with two attached hydrogens (primary N) is 1. The fraction of sp³-hybridized carbons (Fsp3) is 0.375. The van der Waals surface area contributed by atoms with Gasteiger partial charge in [0.1, 0.15) is 22.9 Å². The Kier molecular flexibility index (Phi) is 9.45. The van der Waals surface area contributed by atoms with E-state index in [-0.39, 0.29) is 34.4 Å². The molecule has 0 spiro atoms. The Balaban J connectivity index is 0.00000176. The number of carbonyl (C=O) groups excluding carboxylic acids is 3. The zero-order valence-electron chi connectivity index (χ0n) is 20.3. The van der Waals surface area contributed by atoms with Crippen molar-refractivity contribution in [3.63, 3.8) is 0 Å². The third-order valence-electron chi connectivity index (χ3n) is 5.92. The second-order valence-electron chi connectivity index (χ2n) is 8.08. The van der Waals surface area contributed by atoms with Gasteiger partial charge in [-0.3, -0.25) is 19.5 Å². The number of Topliss-reactive ketones (excluding diaryl/α,β-unsaturated/α-hetero) is 2. The molecule has 1 fully saturated rings. The van der Waals surface area contributed by atoms with E-state index in [1.807, 2.05) is 6.07 Å². The van der Waals surface area contributed by atoms with Crippen molar-refractivity contribution in [3.8, 4) is 0 Å². The van der Waals surface area contributed by atoms with E-state index in [0.29, 0.717) is 18.7 Å². The van der Waals surface area contributed by atoms with E-state index in [0.717, 1.165) is 45.0 Å². The molecule has 12 nitrogen and oxygen atoms in total. The molecule has 0 radical (unpaired) electrons. The lowest BCUT2D eigenvalue weighted by molar-refractivity contribution is -0.670. The topological polar surface area (TPSA) is 179 Å². The summed E-state index contributed by atoms with van der Waals surface area (Å²) in [6, 6.07) is 6.81. The molecule has 36 heavy (non-hydrogen) atoms. The lowest BCUT2D eigenvalue weighted by Crippen LogP contribution is -2.47. The molecule has 1 saturated heterocycles. The Bertz CT molecular complexity index is 1110. The first-order valence-electron chi connectivity index (χ1n) is 11.7. The van der Waals surface area contributed by atoms with Gasteiger partial charge < -0.3 is 20.7 Å². The average Bonchev–Trinajstić information content (AvgIpc) is 2.93. The molecular weight excluding hydrogens is 466 g/mol. The minimum Gasteiger partial charge on any atom is -0.462 e. The third-order valence-corrected chi connectivity index (χ3v) is 5.92. The number of anilines is 1. The number of carbonyl (C=O) groups is 3. The molecule has 2 aromatic rings. The molecule has 7 N–H and O–H groups in total. The Morgan fingerprint density at radius 2 is 1.89 bits per heavy atom. The first-order chi connectivity index (χ1) is 17.5. The fourth-order valence-electron chi connectivity index (χ4n) is 4.07. The van der Waals surface area contributed by atoms with E-state index in [2.05, 4.69) is 31.0 Å². The van der Waals surface area contributed by atoms with Gasteiger partial charge in [0.15, 0.2) is 0 Å². The lowest BCUT2D eigenvalue weighted by atomic mass is 9.94. The number of piperazine rings is 1. The maximum atomic E-state index is 12.7. The van der Waals surface area contributed by atoms with Crippen molar-refractivity contribution in [1.82, 2.24) is 20.2 Å². The van der Waals surface area contributed by atoms with Crippen molar-refractivity contribution in [2.45, 2.75) is 13.3 Å². The lowest BCUT2D eigenvalue weighted by Gasteiger charge is -2.35. The fourth-order valence-corrected chi connectivity index (χ4v) is 4.07. The van der Waals surface area contributed by atoms with E-state index in [1.54, 1.807) is 31.3 Å². The Labute approximate surface area is 208 Å². The van der Waals surface area contributed by atoms with Gasteiger partial charge in [0, 0.05) is 45.1 Å². The number of esters is 1. The van der Waals surface area contributed by atoms with Crippen LogP contribution in [-0.4, -0.2) is 83.5 Å². The second kappa shape index (κ2) is 12.7. The van der Waals surface area contributed by atoms with Gasteiger partial charge >= 0.3 is 5.97 Å². The highest BCUT2D eigenvalue weighted by Gasteiger charge is 2.31. The van der Waals surface area contributed by atoms with Gasteiger partial charge in [-0.2, -0.15) is 0 Å². The minimum absolute atomic E-state index is 0.0775. The van der Waals surface area contributed by atoms with Gasteiger partial charge in [0.2, 0.25) is 11.6 Å². The van der Waals surface area contributed by atoms with Crippen molar-refractivity contribution < 1.29 is 30.2 Å². The normalized spacial score (nSPS) is 15.7. The van der Waals surface area contributed by atoms with E-state index >= 15 is 0 Å². The molecule has 12 heteroatoms. The summed E-state index contributed by atoms with van der Waals surface area (Å²) < 4.78 is 4.99. The number of ketones is 2. The van der Waals surface area contributed by atoms with E-state index in [1.165, 1.54) is 6.20 Å². The predicted molar refractivity (Wildman–Crippen MR) is 130 cm³/mol. The van der Waals surface area contributed by atoms with Crippen LogP contribution in [-0.2, 0) is 4.74 Å². The van der Waals surface area contributed by atoms with Crippen LogP contribution >= 0.6 is 0 Å². The standard InChI is InChI=1S/C24H28N6O4.H4NO/c1-2-34-24(33)16-6-7-18(28-15-16)30-13-11-29(12-14-30)10-4-9-27-21-19(25)23(32)20-17(22(21)31)5-3-8-26-20;1-2/h3,5-8,15,27H,2,4,9-14,25H2,1H3;2H,1H3/q;+1. The number of hydrogen-bond donors (Lipinski definition) is 4. The number of fused-ring (bicyclic) bond motifs is 1. The summed E-state index contributed by atoms with van der Waals surface area (Å²) in [6.45, 7) is 6.90. The SMILES string of the molecule is CCOC(=O)c1ccc(N2CCN(CCCNC3=C(N)C(=O)c4ncccc4C3=O)CC2)nc1.[NH3+]O. The van der Waals surface area contributed by atoms with Crippen LogP contribution in [0, 0.1) is 0 Å². The number of nitrogens with zero attached hydrogens (tertiary/aromatic N) is 4. The molecular formula is C24H32N7O5+. The summed E-state index contributed by atoms with van der Waals surface area (Å²) >= 11 is 0. The smallest absolute Gasteiger partial charge is 0.339 e. The zero-order chi connectivity index (χ0) is 26.1. The van der Waals surface area contributed by atoms with Crippen LogP contribution in [0.25, 0.3) is 0 Å². The number of allylic oxidation sites excluding steroid dienone is 2. The number of pyridine rings is 2. The number of aromatic nitrogens is 2. The summed E-state index contributed by atoms with van der Waals surface area (Å²) in [5.74, 6) is 2.01. The summed E-state index contributed by atoms with van der Waals surface area (Å²) in [5, 5.41) is 9.81. The monoisotopic (exact) mass is 498 g/mol. The molecule has 0 saturated carbocycles. The van der Waals surface area contributed by atoms with Gasteiger partial charge in [-0.1, -0.05) is 0 Å². The number of nitrogens with one attached hydrogen (secondary N) is 1. The van der Waals surface area contributed by atoms with E-state index in [4.69, 9.17) is 15.7 Å². The molecule has 192 valence electrons. The molecule has 2 aliphatic rings. The molecule has 1 aliphatic heterocycles. The first-order valence-corrected chi connectivity index (χ1v) is 11.7.